The van der Waals surface area contributed by atoms with Gasteiger partial charge in [0.05, 0.1) is 12.7 Å². The van der Waals surface area contributed by atoms with Gasteiger partial charge in [0, 0.05) is 6.54 Å². The Morgan fingerprint density at radius 3 is 2.59 bits per heavy atom. The smallest absolute Gasteiger partial charge is 0.327 e. The molecule has 0 fully saturated rings. The normalized spacial score (nSPS) is 11.9. The molecule has 5 heteroatoms. The Bertz CT molecular complexity index is 401. The zero-order valence-electron chi connectivity index (χ0n) is 9.37. The van der Waals surface area contributed by atoms with Gasteiger partial charge in [-0.2, -0.15) is 0 Å². The van der Waals surface area contributed by atoms with Crippen molar-refractivity contribution >= 4 is 5.97 Å². The largest absolute Gasteiger partial charge is 0.468 e. The number of ether oxygens (including phenoxy) is 1. The second-order valence-electron chi connectivity index (χ2n) is 3.29. The number of carbonyl (C=O) groups excluding carboxylic acids is 1. The number of rotatable bonds is 5. The molecule has 1 aromatic rings. The lowest BCUT2D eigenvalue weighted by Gasteiger charge is -2.17. The van der Waals surface area contributed by atoms with Crippen molar-refractivity contribution in [1.29, 1.82) is 0 Å². The molecule has 1 N–H and O–H groups in total. The minimum absolute atomic E-state index is 0.230. The van der Waals surface area contributed by atoms with Crippen molar-refractivity contribution < 1.29 is 18.3 Å². The highest BCUT2D eigenvalue weighted by molar-refractivity contribution is 5.77. The Balaban J connectivity index is 3.11. The van der Waals surface area contributed by atoms with Crippen LogP contribution in [0.4, 0.5) is 8.78 Å². The first-order valence-electron chi connectivity index (χ1n) is 4.97. The zero-order valence-corrected chi connectivity index (χ0v) is 9.37. The van der Waals surface area contributed by atoms with E-state index in [9.17, 15) is 13.6 Å². The number of hydrogen-bond donors (Lipinski definition) is 1. The molecular weight excluding hydrogens is 228 g/mol. The molecule has 0 bridgehead atoms. The van der Waals surface area contributed by atoms with Gasteiger partial charge in [0.2, 0.25) is 0 Å². The first kappa shape index (κ1) is 13.3. The Hall–Kier alpha value is -1.75. The fraction of sp³-hybridized carbons (Fsp3) is 0.250. The molecule has 0 saturated heterocycles. The van der Waals surface area contributed by atoms with Crippen molar-refractivity contribution in [3.05, 3.63) is 48.1 Å². The third-order valence-electron chi connectivity index (χ3n) is 2.19. The molecule has 1 unspecified atom stereocenters. The second-order valence-corrected chi connectivity index (χ2v) is 3.29. The maximum absolute atomic E-state index is 13.5. The van der Waals surface area contributed by atoms with Crippen LogP contribution < -0.4 is 5.32 Å². The van der Waals surface area contributed by atoms with Crippen LogP contribution in [-0.4, -0.2) is 19.6 Å². The molecule has 0 aromatic heterocycles. The van der Waals surface area contributed by atoms with Crippen molar-refractivity contribution in [3.63, 3.8) is 0 Å². The topological polar surface area (TPSA) is 38.3 Å². The van der Waals surface area contributed by atoms with Gasteiger partial charge in [-0.25, -0.2) is 13.6 Å². The number of esters is 1. The summed E-state index contributed by atoms with van der Waals surface area (Å²) in [6.07, 6.45) is 1.48. The number of carbonyl (C=O) groups is 1. The summed E-state index contributed by atoms with van der Waals surface area (Å²) in [5.41, 5.74) is -0.346. The summed E-state index contributed by atoms with van der Waals surface area (Å²) in [5.74, 6) is -2.34. The van der Waals surface area contributed by atoms with E-state index in [4.69, 9.17) is 0 Å². The van der Waals surface area contributed by atoms with Gasteiger partial charge in [0.15, 0.2) is 0 Å². The molecule has 92 valence electrons. The summed E-state index contributed by atoms with van der Waals surface area (Å²) >= 11 is 0. The molecule has 1 rings (SSSR count). The van der Waals surface area contributed by atoms with Crippen LogP contribution in [0.1, 0.15) is 11.6 Å². The standard InChI is InChI=1S/C12H13F2NO2/c1-3-7-15-11(12(16)17-2)10-8(13)5-4-6-9(10)14/h3-6,11,15H,1,7H2,2H3. The minimum atomic E-state index is -1.18. The van der Waals surface area contributed by atoms with Crippen molar-refractivity contribution in [3.8, 4) is 0 Å². The zero-order chi connectivity index (χ0) is 12.8. The third-order valence-corrected chi connectivity index (χ3v) is 2.19. The molecule has 0 aliphatic heterocycles. The Kier molecular flexibility index (Phi) is 4.78. The monoisotopic (exact) mass is 241 g/mol. The summed E-state index contributed by atoms with van der Waals surface area (Å²) in [4.78, 5) is 11.5. The predicted octanol–water partition coefficient (Wildman–Crippen LogP) is 1.95. The molecular formula is C12H13F2NO2. The van der Waals surface area contributed by atoms with Crippen LogP contribution >= 0.6 is 0 Å². The lowest BCUT2D eigenvalue weighted by molar-refractivity contribution is -0.143. The van der Waals surface area contributed by atoms with Crippen molar-refractivity contribution in [2.45, 2.75) is 6.04 Å². The highest BCUT2D eigenvalue weighted by atomic mass is 19.1. The molecule has 0 saturated carbocycles. The van der Waals surface area contributed by atoms with E-state index >= 15 is 0 Å². The highest BCUT2D eigenvalue weighted by Crippen LogP contribution is 2.21. The second kappa shape index (κ2) is 6.10. The molecule has 0 spiro atoms. The number of nitrogens with one attached hydrogen (secondary N) is 1. The van der Waals surface area contributed by atoms with E-state index in [1.807, 2.05) is 0 Å². The molecule has 0 aliphatic carbocycles. The average Bonchev–Trinajstić information content (AvgIpc) is 2.32. The van der Waals surface area contributed by atoms with Crippen LogP contribution in [0.15, 0.2) is 30.9 Å². The van der Waals surface area contributed by atoms with Crippen molar-refractivity contribution in [1.82, 2.24) is 5.32 Å². The summed E-state index contributed by atoms with van der Waals surface area (Å²) in [5, 5.41) is 2.65. The Morgan fingerprint density at radius 2 is 2.12 bits per heavy atom. The molecule has 3 nitrogen and oxygen atoms in total. The summed E-state index contributed by atoms with van der Waals surface area (Å²) < 4.78 is 31.5. The highest BCUT2D eigenvalue weighted by Gasteiger charge is 2.26. The minimum Gasteiger partial charge on any atom is -0.468 e. The van der Waals surface area contributed by atoms with E-state index in [2.05, 4.69) is 16.6 Å². The molecule has 1 atom stereocenters. The molecule has 0 radical (unpaired) electrons. The van der Waals surface area contributed by atoms with Crippen LogP contribution in [0.3, 0.4) is 0 Å². The van der Waals surface area contributed by atoms with Crippen molar-refractivity contribution in [2.75, 3.05) is 13.7 Å². The van der Waals surface area contributed by atoms with Gasteiger partial charge in [-0.05, 0) is 12.1 Å². The lowest BCUT2D eigenvalue weighted by Crippen LogP contribution is -2.31. The van der Waals surface area contributed by atoms with Crippen LogP contribution in [0, 0.1) is 11.6 Å². The van der Waals surface area contributed by atoms with Gasteiger partial charge >= 0.3 is 5.97 Å². The molecule has 17 heavy (non-hydrogen) atoms. The summed E-state index contributed by atoms with van der Waals surface area (Å²) in [7, 11) is 1.16. The fourth-order valence-corrected chi connectivity index (χ4v) is 1.41. The van der Waals surface area contributed by atoms with E-state index in [1.165, 1.54) is 12.1 Å². The van der Waals surface area contributed by atoms with E-state index < -0.39 is 23.6 Å². The predicted molar refractivity (Wildman–Crippen MR) is 59.3 cm³/mol. The van der Waals surface area contributed by atoms with E-state index in [1.54, 1.807) is 0 Å². The van der Waals surface area contributed by atoms with Crippen molar-refractivity contribution in [2.24, 2.45) is 0 Å². The van der Waals surface area contributed by atoms with Crippen LogP contribution in [-0.2, 0) is 9.53 Å². The SMILES string of the molecule is C=CCNC(C(=O)OC)c1c(F)cccc1F. The van der Waals surface area contributed by atoms with E-state index in [-0.39, 0.29) is 12.1 Å². The maximum Gasteiger partial charge on any atom is 0.327 e. The Labute approximate surface area is 98.1 Å². The van der Waals surface area contributed by atoms with Gasteiger partial charge in [0.25, 0.3) is 0 Å². The van der Waals surface area contributed by atoms with Gasteiger partial charge in [-0.1, -0.05) is 12.1 Å². The lowest BCUT2D eigenvalue weighted by atomic mass is 10.1. The number of halogens is 2. The quantitative estimate of drug-likeness (QED) is 0.632. The Morgan fingerprint density at radius 1 is 1.53 bits per heavy atom. The van der Waals surface area contributed by atoms with Crippen LogP contribution in [0.25, 0.3) is 0 Å². The van der Waals surface area contributed by atoms with Gasteiger partial charge in [-0.15, -0.1) is 6.58 Å². The first-order valence-corrected chi connectivity index (χ1v) is 4.97. The fourth-order valence-electron chi connectivity index (χ4n) is 1.41. The van der Waals surface area contributed by atoms with E-state index in [0.29, 0.717) is 0 Å². The molecule has 0 amide bonds. The van der Waals surface area contributed by atoms with Gasteiger partial charge in [0.1, 0.15) is 17.7 Å². The number of hydrogen-bond acceptors (Lipinski definition) is 3. The summed E-state index contributed by atoms with van der Waals surface area (Å²) in [6.45, 7) is 3.68. The van der Waals surface area contributed by atoms with Crippen LogP contribution in [0.5, 0.6) is 0 Å². The molecule has 0 heterocycles. The number of benzene rings is 1. The maximum atomic E-state index is 13.5. The average molecular weight is 241 g/mol. The van der Waals surface area contributed by atoms with Gasteiger partial charge < -0.3 is 4.74 Å². The molecule has 1 aromatic carbocycles. The first-order chi connectivity index (χ1) is 8.11. The summed E-state index contributed by atoms with van der Waals surface area (Å²) in [6, 6.07) is 2.23. The van der Waals surface area contributed by atoms with Crippen LogP contribution in [0.2, 0.25) is 0 Å². The molecule has 0 aliphatic rings. The van der Waals surface area contributed by atoms with Gasteiger partial charge in [-0.3, -0.25) is 5.32 Å². The third kappa shape index (κ3) is 3.10. The van der Waals surface area contributed by atoms with E-state index in [0.717, 1.165) is 19.2 Å². The number of methoxy groups -OCH3 is 1.